The molecule has 1 N–H and O–H groups in total. The summed E-state index contributed by atoms with van der Waals surface area (Å²) in [6.45, 7) is 0. The molecule has 1 aromatic heterocycles. The van der Waals surface area contributed by atoms with Gasteiger partial charge in [0.15, 0.2) is 10.8 Å². The third-order valence-corrected chi connectivity index (χ3v) is 3.12. The largest absolute Gasteiger partial charge is 0.436 e. The number of hydrogen-bond donors (Lipinski definition) is 1. The molecule has 0 saturated heterocycles. The van der Waals surface area contributed by atoms with E-state index in [9.17, 15) is 18.0 Å². The number of nitrogens with zero attached hydrogens (tertiary/aromatic N) is 3. The van der Waals surface area contributed by atoms with E-state index in [4.69, 9.17) is 21.2 Å². The molecule has 0 radical (unpaired) electrons. The van der Waals surface area contributed by atoms with E-state index >= 15 is 0 Å². The number of amides is 2. The number of benzene rings is 1. The summed E-state index contributed by atoms with van der Waals surface area (Å²) in [7, 11) is 2.77. The number of nitrogens with one attached hydrogen (secondary N) is 1. The van der Waals surface area contributed by atoms with Gasteiger partial charge in [0.05, 0.1) is 13.3 Å². The summed E-state index contributed by atoms with van der Waals surface area (Å²) in [5, 5.41) is 3.02. The normalized spacial score (nSPS) is 11.1. The van der Waals surface area contributed by atoms with Crippen molar-refractivity contribution in [2.75, 3.05) is 19.5 Å². The highest BCUT2D eigenvalue weighted by atomic mass is 35.5. The lowest BCUT2D eigenvalue weighted by molar-refractivity contribution is -0.141. The number of carbonyl (C=O) groups excluding carboxylic acids is 1. The predicted molar refractivity (Wildman–Crippen MR) is 82.4 cm³/mol. The minimum Gasteiger partial charge on any atom is -0.436 e. The summed E-state index contributed by atoms with van der Waals surface area (Å²) < 4.78 is 42.8. The predicted octanol–water partition coefficient (Wildman–Crippen LogP) is 3.97. The van der Waals surface area contributed by atoms with Crippen LogP contribution in [0.15, 0.2) is 30.5 Å². The third-order valence-electron chi connectivity index (χ3n) is 2.87. The molecule has 2 amide bonds. The number of hydroxylamine groups is 2. The molecule has 0 aliphatic carbocycles. The zero-order chi connectivity index (χ0) is 18.6. The van der Waals surface area contributed by atoms with Crippen LogP contribution in [-0.4, -0.2) is 35.2 Å². The Morgan fingerprint density at radius 2 is 1.92 bits per heavy atom. The van der Waals surface area contributed by atoms with Crippen LogP contribution in [0.1, 0.15) is 5.69 Å². The van der Waals surface area contributed by atoms with Crippen molar-refractivity contribution in [1.82, 2.24) is 15.0 Å². The van der Waals surface area contributed by atoms with Crippen molar-refractivity contribution in [1.29, 1.82) is 0 Å². The molecule has 0 atom stereocenters. The average Bonchev–Trinajstić information content (AvgIpc) is 2.56. The maximum Gasteiger partial charge on any atom is 0.434 e. The van der Waals surface area contributed by atoms with E-state index in [2.05, 4.69) is 15.3 Å². The molecule has 7 nitrogen and oxygen atoms in total. The van der Waals surface area contributed by atoms with Gasteiger partial charge in [-0.2, -0.15) is 13.2 Å². The zero-order valence-corrected chi connectivity index (χ0v) is 13.7. The number of hydrogen-bond acceptors (Lipinski definition) is 5. The van der Waals surface area contributed by atoms with E-state index in [1.54, 1.807) is 0 Å². The Kier molecular flexibility index (Phi) is 5.65. The molecule has 11 heteroatoms. The molecule has 134 valence electrons. The number of urea groups is 1. The summed E-state index contributed by atoms with van der Waals surface area (Å²) in [5.74, 6) is -0.0281. The van der Waals surface area contributed by atoms with Gasteiger partial charge in [0.2, 0.25) is 0 Å². The van der Waals surface area contributed by atoms with Crippen LogP contribution in [-0.2, 0) is 11.0 Å². The molecule has 0 saturated carbocycles. The Morgan fingerprint density at radius 1 is 1.28 bits per heavy atom. The molecule has 0 fully saturated rings. The smallest absolute Gasteiger partial charge is 0.434 e. The van der Waals surface area contributed by atoms with Crippen LogP contribution in [0, 0.1) is 0 Å². The monoisotopic (exact) mass is 376 g/mol. The Balaban J connectivity index is 2.08. The Morgan fingerprint density at radius 3 is 2.44 bits per heavy atom. The Bertz CT molecular complexity index is 756. The van der Waals surface area contributed by atoms with E-state index in [0.717, 1.165) is 5.06 Å². The van der Waals surface area contributed by atoms with Crippen molar-refractivity contribution in [2.45, 2.75) is 6.18 Å². The van der Waals surface area contributed by atoms with Gasteiger partial charge in [-0.15, -0.1) is 0 Å². The number of carbonyl (C=O) groups is 1. The lowest BCUT2D eigenvalue weighted by atomic mass is 10.3. The van der Waals surface area contributed by atoms with Crippen molar-refractivity contribution >= 4 is 23.3 Å². The van der Waals surface area contributed by atoms with E-state index in [1.807, 2.05) is 0 Å². The van der Waals surface area contributed by atoms with Gasteiger partial charge in [-0.3, -0.25) is 4.84 Å². The van der Waals surface area contributed by atoms with Crippen molar-refractivity contribution in [3.05, 3.63) is 41.3 Å². The van der Waals surface area contributed by atoms with Gasteiger partial charge in [-0.05, 0) is 24.3 Å². The van der Waals surface area contributed by atoms with Crippen LogP contribution in [0.3, 0.4) is 0 Å². The highest BCUT2D eigenvalue weighted by Crippen LogP contribution is 2.32. The van der Waals surface area contributed by atoms with Gasteiger partial charge in [0, 0.05) is 12.7 Å². The second kappa shape index (κ2) is 7.53. The molecule has 2 rings (SSSR count). The van der Waals surface area contributed by atoms with Crippen LogP contribution in [0.4, 0.5) is 23.7 Å². The number of halogens is 4. The van der Waals surface area contributed by atoms with Crippen molar-refractivity contribution < 1.29 is 27.5 Å². The summed E-state index contributed by atoms with van der Waals surface area (Å²) in [6.07, 6.45) is -4.12. The number of anilines is 1. The first kappa shape index (κ1) is 18.7. The first-order valence-electron chi connectivity index (χ1n) is 6.67. The molecule has 1 heterocycles. The van der Waals surface area contributed by atoms with Crippen LogP contribution >= 0.6 is 11.6 Å². The fourth-order valence-electron chi connectivity index (χ4n) is 1.56. The SMILES string of the molecule is CON(C)C(=O)Nc1ccc(Oc2ncc(C(F)(F)F)nc2Cl)cc1. The first-order chi connectivity index (χ1) is 11.7. The quantitative estimate of drug-likeness (QED) is 0.817. The van der Waals surface area contributed by atoms with Gasteiger partial charge < -0.3 is 10.1 Å². The van der Waals surface area contributed by atoms with E-state index in [0.29, 0.717) is 11.9 Å². The Labute approximate surface area is 145 Å². The minimum absolute atomic E-state index is 0.244. The summed E-state index contributed by atoms with van der Waals surface area (Å²) in [6, 6.07) is 5.48. The maximum absolute atomic E-state index is 12.5. The van der Waals surface area contributed by atoms with Crippen molar-refractivity contribution in [3.8, 4) is 11.6 Å². The summed E-state index contributed by atoms with van der Waals surface area (Å²) in [4.78, 5) is 23.0. The van der Waals surface area contributed by atoms with Gasteiger partial charge in [-0.1, -0.05) is 11.6 Å². The molecular weight excluding hydrogens is 365 g/mol. The second-order valence-electron chi connectivity index (χ2n) is 4.59. The van der Waals surface area contributed by atoms with Crippen LogP contribution < -0.4 is 10.1 Å². The molecule has 0 bridgehead atoms. The molecule has 0 unspecified atom stereocenters. The fraction of sp³-hybridized carbons (Fsp3) is 0.214. The number of aromatic nitrogens is 2. The number of rotatable bonds is 4. The highest BCUT2D eigenvalue weighted by molar-refractivity contribution is 6.30. The lowest BCUT2D eigenvalue weighted by Crippen LogP contribution is -2.30. The van der Waals surface area contributed by atoms with Gasteiger partial charge in [-0.25, -0.2) is 19.8 Å². The van der Waals surface area contributed by atoms with E-state index < -0.39 is 23.1 Å². The lowest BCUT2D eigenvalue weighted by Gasteiger charge is -2.14. The summed E-state index contributed by atoms with van der Waals surface area (Å²) in [5.41, 5.74) is -0.768. The summed E-state index contributed by atoms with van der Waals surface area (Å²) >= 11 is 5.66. The highest BCUT2D eigenvalue weighted by Gasteiger charge is 2.33. The van der Waals surface area contributed by atoms with E-state index in [1.165, 1.54) is 38.4 Å². The van der Waals surface area contributed by atoms with Crippen LogP contribution in [0.2, 0.25) is 5.15 Å². The van der Waals surface area contributed by atoms with Gasteiger partial charge in [0.25, 0.3) is 5.88 Å². The first-order valence-corrected chi connectivity index (χ1v) is 7.05. The number of alkyl halides is 3. The molecule has 0 spiro atoms. The van der Waals surface area contributed by atoms with Gasteiger partial charge in [0.1, 0.15) is 5.75 Å². The Hall–Kier alpha value is -2.59. The zero-order valence-electron chi connectivity index (χ0n) is 13.0. The molecule has 0 aliphatic heterocycles. The van der Waals surface area contributed by atoms with Crippen LogP contribution in [0.5, 0.6) is 11.6 Å². The van der Waals surface area contributed by atoms with Crippen molar-refractivity contribution in [3.63, 3.8) is 0 Å². The maximum atomic E-state index is 12.5. The minimum atomic E-state index is -4.65. The van der Waals surface area contributed by atoms with E-state index in [-0.39, 0.29) is 11.6 Å². The number of ether oxygens (including phenoxy) is 1. The molecule has 25 heavy (non-hydrogen) atoms. The average molecular weight is 377 g/mol. The third kappa shape index (κ3) is 4.94. The topological polar surface area (TPSA) is 76.6 Å². The molecule has 2 aromatic rings. The molecule has 0 aliphatic rings. The fourth-order valence-corrected chi connectivity index (χ4v) is 1.74. The standard InChI is InChI=1S/C14H12ClF3N4O3/c1-22(24-2)13(23)20-8-3-5-9(6-4-8)25-12-11(15)21-10(7-19-12)14(16,17)18/h3-7H,1-2H3,(H,20,23). The van der Waals surface area contributed by atoms with Crippen molar-refractivity contribution in [2.24, 2.45) is 0 Å². The van der Waals surface area contributed by atoms with Crippen LogP contribution in [0.25, 0.3) is 0 Å². The molecule has 1 aromatic carbocycles. The second-order valence-corrected chi connectivity index (χ2v) is 4.94. The van der Waals surface area contributed by atoms with Gasteiger partial charge >= 0.3 is 12.2 Å². The molecular formula is C14H12ClF3N4O3.